The van der Waals surface area contributed by atoms with Crippen molar-refractivity contribution in [2.24, 2.45) is 5.84 Å². The zero-order valence-corrected chi connectivity index (χ0v) is 14.5. The van der Waals surface area contributed by atoms with Crippen molar-refractivity contribution in [1.29, 1.82) is 0 Å². The third-order valence-electron chi connectivity index (χ3n) is 3.37. The third kappa shape index (κ3) is 6.92. The molecule has 0 spiro atoms. The summed E-state index contributed by atoms with van der Waals surface area (Å²) in [4.78, 5) is 0. The van der Waals surface area contributed by atoms with Gasteiger partial charge < -0.3 is 25.3 Å². The highest BCUT2D eigenvalue weighted by molar-refractivity contribution is 5.32. The molecule has 0 saturated heterocycles. The van der Waals surface area contributed by atoms with E-state index in [-0.39, 0.29) is 12.1 Å². The number of anilines is 1. The summed E-state index contributed by atoms with van der Waals surface area (Å²) in [5.41, 5.74) is 2.04. The maximum absolute atomic E-state index is 10.0. The van der Waals surface area contributed by atoms with Crippen LogP contribution in [0.15, 0.2) is 42.5 Å². The number of rotatable bonds is 10. The highest BCUT2D eigenvalue weighted by Gasteiger charge is 2.20. The number of nitrogens with one attached hydrogen (secondary N) is 2. The number of nitrogens with two attached hydrogens (primary N) is 1. The number of nitrogens with zero attached hydrogens (tertiary/aromatic N) is 2. The lowest BCUT2D eigenvalue weighted by molar-refractivity contribution is 0.0923. The number of aliphatic hydroxyl groups excluding tert-OH is 1. The van der Waals surface area contributed by atoms with Crippen molar-refractivity contribution < 1.29 is 14.6 Å². The molecule has 8 heteroatoms. The summed E-state index contributed by atoms with van der Waals surface area (Å²) in [7, 11) is 0. The second kappa shape index (κ2) is 9.16. The summed E-state index contributed by atoms with van der Waals surface area (Å²) in [6, 6.07) is 12.7. The molecule has 1 unspecified atom stereocenters. The molecule has 0 fully saturated rings. The third-order valence-corrected chi connectivity index (χ3v) is 3.37. The van der Waals surface area contributed by atoms with Crippen LogP contribution in [-0.4, -0.2) is 46.7 Å². The van der Waals surface area contributed by atoms with Gasteiger partial charge in [0.25, 0.3) is 0 Å². The van der Waals surface area contributed by atoms with Gasteiger partial charge in [-0.05, 0) is 32.0 Å². The van der Waals surface area contributed by atoms with Crippen LogP contribution in [0.1, 0.15) is 13.8 Å². The van der Waals surface area contributed by atoms with E-state index in [0.717, 1.165) is 5.75 Å². The van der Waals surface area contributed by atoms with Crippen molar-refractivity contribution in [3.8, 4) is 11.6 Å². The molecule has 1 aromatic heterocycles. The average Bonchev–Trinajstić information content (AvgIpc) is 2.64. The Balaban J connectivity index is 1.70. The van der Waals surface area contributed by atoms with E-state index in [9.17, 15) is 5.11 Å². The predicted octanol–water partition coefficient (Wildman–Crippen LogP) is 0.949. The van der Waals surface area contributed by atoms with Crippen LogP contribution < -0.4 is 26.1 Å². The van der Waals surface area contributed by atoms with Gasteiger partial charge in [-0.1, -0.05) is 18.2 Å². The van der Waals surface area contributed by atoms with Crippen LogP contribution in [0.2, 0.25) is 0 Å². The lowest BCUT2D eigenvalue weighted by Crippen LogP contribution is -2.48. The number of β-amino-alcohol motifs (C(OH)–C–C–N with tert-alkyl or cyclic N) is 1. The van der Waals surface area contributed by atoms with Gasteiger partial charge in [-0.15, -0.1) is 10.2 Å². The molecule has 5 N–H and O–H groups in total. The Morgan fingerprint density at radius 3 is 2.52 bits per heavy atom. The van der Waals surface area contributed by atoms with Gasteiger partial charge in [-0.2, -0.15) is 0 Å². The van der Waals surface area contributed by atoms with Gasteiger partial charge in [0.05, 0.1) is 0 Å². The highest BCUT2D eigenvalue weighted by atomic mass is 16.5. The van der Waals surface area contributed by atoms with Crippen molar-refractivity contribution in [2.75, 3.05) is 25.2 Å². The molecule has 0 aliphatic carbocycles. The predicted molar refractivity (Wildman–Crippen MR) is 95.4 cm³/mol. The Morgan fingerprint density at radius 2 is 1.88 bits per heavy atom. The fraction of sp³-hybridized carbons (Fsp3) is 0.412. The fourth-order valence-electron chi connectivity index (χ4n) is 1.94. The van der Waals surface area contributed by atoms with Gasteiger partial charge in [-0.25, -0.2) is 5.84 Å². The van der Waals surface area contributed by atoms with Crippen LogP contribution in [0.25, 0.3) is 0 Å². The minimum absolute atomic E-state index is 0.215. The standard InChI is InChI=1S/C17H25N5O3/c1-17(2,12-25-16-9-8-15(20-18)21-22-16)19-10-13(23)11-24-14-6-4-3-5-7-14/h3-9,13,19,23H,10-12,18H2,1-2H3,(H,20,21). The van der Waals surface area contributed by atoms with E-state index in [4.69, 9.17) is 15.3 Å². The van der Waals surface area contributed by atoms with E-state index < -0.39 is 6.10 Å². The number of aliphatic hydroxyl groups is 1. The van der Waals surface area contributed by atoms with Crippen molar-refractivity contribution >= 4 is 5.82 Å². The quantitative estimate of drug-likeness (QED) is 0.371. The number of benzene rings is 1. The van der Waals surface area contributed by atoms with E-state index >= 15 is 0 Å². The SMILES string of the molecule is CC(C)(COc1ccc(NN)nn1)NCC(O)COc1ccccc1. The summed E-state index contributed by atoms with van der Waals surface area (Å²) < 4.78 is 11.1. The summed E-state index contributed by atoms with van der Waals surface area (Å²) in [6.07, 6.45) is -0.630. The number of para-hydroxylation sites is 1. The molecule has 8 nitrogen and oxygen atoms in total. The molecule has 0 amide bonds. The van der Waals surface area contributed by atoms with Crippen molar-refractivity contribution in [1.82, 2.24) is 15.5 Å². The molecule has 25 heavy (non-hydrogen) atoms. The smallest absolute Gasteiger partial charge is 0.233 e. The first-order valence-electron chi connectivity index (χ1n) is 8.02. The van der Waals surface area contributed by atoms with Crippen LogP contribution >= 0.6 is 0 Å². The minimum atomic E-state index is -0.630. The van der Waals surface area contributed by atoms with Gasteiger partial charge in [0, 0.05) is 18.2 Å². The lowest BCUT2D eigenvalue weighted by Gasteiger charge is -2.27. The Labute approximate surface area is 147 Å². The number of ether oxygens (including phenoxy) is 2. The first kappa shape index (κ1) is 18.9. The van der Waals surface area contributed by atoms with Crippen molar-refractivity contribution in [2.45, 2.75) is 25.5 Å². The van der Waals surface area contributed by atoms with E-state index in [1.54, 1.807) is 12.1 Å². The molecule has 0 aliphatic heterocycles. The van der Waals surface area contributed by atoms with Gasteiger partial charge in [0.15, 0.2) is 5.82 Å². The molecule has 0 saturated carbocycles. The van der Waals surface area contributed by atoms with Gasteiger partial charge in [-0.3, -0.25) is 0 Å². The molecule has 0 bridgehead atoms. The Hall–Kier alpha value is -2.42. The first-order chi connectivity index (χ1) is 12.0. The molecule has 136 valence electrons. The van der Waals surface area contributed by atoms with Crippen LogP contribution in [0.4, 0.5) is 5.82 Å². The largest absolute Gasteiger partial charge is 0.491 e. The maximum Gasteiger partial charge on any atom is 0.233 e. The summed E-state index contributed by atoms with van der Waals surface area (Å²) in [6.45, 7) is 4.91. The molecule has 2 aromatic rings. The molecule has 1 heterocycles. The molecule has 1 atom stereocenters. The zero-order valence-electron chi connectivity index (χ0n) is 14.5. The topological polar surface area (TPSA) is 115 Å². The van der Waals surface area contributed by atoms with Gasteiger partial charge in [0.2, 0.25) is 5.88 Å². The molecule has 1 aromatic carbocycles. The lowest BCUT2D eigenvalue weighted by atomic mass is 10.1. The van der Waals surface area contributed by atoms with E-state index in [1.807, 2.05) is 44.2 Å². The van der Waals surface area contributed by atoms with Crippen molar-refractivity contribution in [3.05, 3.63) is 42.5 Å². The number of nitrogen functional groups attached to an aromatic ring is 1. The monoisotopic (exact) mass is 347 g/mol. The first-order valence-corrected chi connectivity index (χ1v) is 8.02. The van der Waals surface area contributed by atoms with E-state index in [2.05, 4.69) is 20.9 Å². The normalized spacial score (nSPS) is 12.5. The summed E-state index contributed by atoms with van der Waals surface area (Å²) in [5.74, 6) is 6.84. The second-order valence-electron chi connectivity index (χ2n) is 6.23. The van der Waals surface area contributed by atoms with Crippen molar-refractivity contribution in [3.63, 3.8) is 0 Å². The summed E-state index contributed by atoms with van der Waals surface area (Å²) in [5, 5.41) is 21.0. The number of aromatic nitrogens is 2. The molecule has 0 aliphatic rings. The van der Waals surface area contributed by atoms with Crippen LogP contribution in [0, 0.1) is 0 Å². The second-order valence-corrected chi connectivity index (χ2v) is 6.23. The number of hydrogen-bond acceptors (Lipinski definition) is 8. The molecule has 2 rings (SSSR count). The Morgan fingerprint density at radius 1 is 1.12 bits per heavy atom. The fourth-order valence-corrected chi connectivity index (χ4v) is 1.94. The van der Waals surface area contributed by atoms with Crippen LogP contribution in [0.5, 0.6) is 11.6 Å². The number of hydrogen-bond donors (Lipinski definition) is 4. The van der Waals surface area contributed by atoms with Gasteiger partial charge in [0.1, 0.15) is 25.1 Å². The number of hydrazine groups is 1. The van der Waals surface area contributed by atoms with Crippen LogP contribution in [0.3, 0.4) is 0 Å². The van der Waals surface area contributed by atoms with E-state index in [1.165, 1.54) is 0 Å². The highest BCUT2D eigenvalue weighted by Crippen LogP contribution is 2.11. The molecular formula is C17H25N5O3. The summed E-state index contributed by atoms with van der Waals surface area (Å²) >= 11 is 0. The van der Waals surface area contributed by atoms with E-state index in [0.29, 0.717) is 24.8 Å². The van der Waals surface area contributed by atoms with Crippen LogP contribution in [-0.2, 0) is 0 Å². The Bertz CT molecular complexity index is 622. The molecule has 0 radical (unpaired) electrons. The minimum Gasteiger partial charge on any atom is -0.491 e. The average molecular weight is 347 g/mol. The zero-order chi connectivity index (χ0) is 18.1. The maximum atomic E-state index is 10.0. The van der Waals surface area contributed by atoms with Gasteiger partial charge >= 0.3 is 0 Å². The Kier molecular flexibility index (Phi) is 6.93. The molecular weight excluding hydrogens is 322 g/mol.